The van der Waals surface area contributed by atoms with Gasteiger partial charge in [0.1, 0.15) is 5.75 Å². The summed E-state index contributed by atoms with van der Waals surface area (Å²) in [6.45, 7) is 0.774. The molecule has 1 amide bonds. The molecule has 0 N–H and O–H groups in total. The van der Waals surface area contributed by atoms with Crippen molar-refractivity contribution < 1.29 is 23.6 Å². The molecule has 0 saturated carbocycles. The number of pyridine rings is 1. The van der Waals surface area contributed by atoms with Crippen molar-refractivity contribution in [3.63, 3.8) is 0 Å². The molecule has 0 spiro atoms. The summed E-state index contributed by atoms with van der Waals surface area (Å²) in [7, 11) is 0. The number of rotatable bonds is 9. The van der Waals surface area contributed by atoms with E-state index in [4.69, 9.17) is 14.0 Å². The molecule has 0 atom stereocenters. The minimum Gasteiger partial charge on any atom is -0.482 e. The summed E-state index contributed by atoms with van der Waals surface area (Å²) in [5, 5.41) is 3.92. The van der Waals surface area contributed by atoms with E-state index in [0.29, 0.717) is 36.7 Å². The van der Waals surface area contributed by atoms with Crippen LogP contribution in [0.5, 0.6) is 5.75 Å². The third-order valence-corrected chi connectivity index (χ3v) is 4.76. The molecule has 0 radical (unpaired) electrons. The number of benzene rings is 1. The van der Waals surface area contributed by atoms with Crippen LogP contribution in [0.25, 0.3) is 11.4 Å². The quantitative estimate of drug-likeness (QED) is 0.383. The molecule has 1 fully saturated rings. The van der Waals surface area contributed by atoms with Gasteiger partial charge in [-0.25, -0.2) is 4.79 Å². The van der Waals surface area contributed by atoms with Gasteiger partial charge in [0, 0.05) is 43.0 Å². The van der Waals surface area contributed by atoms with Crippen LogP contribution in [0.4, 0.5) is 5.69 Å². The van der Waals surface area contributed by atoms with Crippen LogP contribution in [0.15, 0.2) is 53.3 Å². The second kappa shape index (κ2) is 9.84. The van der Waals surface area contributed by atoms with E-state index in [1.807, 2.05) is 18.2 Å². The Balaban J connectivity index is 1.15. The number of anilines is 1. The number of carbonyl (C=O) groups excluding carboxylic acids is 2. The Kier molecular flexibility index (Phi) is 6.51. The Hall–Kier alpha value is -3.75. The minimum atomic E-state index is -0.458. The average molecular weight is 422 g/mol. The van der Waals surface area contributed by atoms with Gasteiger partial charge in [0.2, 0.25) is 17.6 Å². The number of aromatic nitrogens is 3. The van der Waals surface area contributed by atoms with Gasteiger partial charge >= 0.3 is 5.97 Å². The maximum atomic E-state index is 11.9. The maximum absolute atomic E-state index is 11.9. The normalized spacial score (nSPS) is 13.4. The van der Waals surface area contributed by atoms with Gasteiger partial charge in [0.05, 0.1) is 6.61 Å². The van der Waals surface area contributed by atoms with Gasteiger partial charge in [-0.1, -0.05) is 5.16 Å². The lowest BCUT2D eigenvalue weighted by atomic mass is 10.3. The Morgan fingerprint density at radius 1 is 1.19 bits per heavy atom. The lowest BCUT2D eigenvalue weighted by Crippen LogP contribution is -2.23. The number of aryl methyl sites for hydroxylation is 1. The lowest BCUT2D eigenvalue weighted by molar-refractivity contribution is -0.146. The number of nitrogens with zero attached hydrogens (tertiary/aromatic N) is 4. The van der Waals surface area contributed by atoms with E-state index >= 15 is 0 Å². The number of esters is 1. The summed E-state index contributed by atoms with van der Waals surface area (Å²) in [6, 6.07) is 10.8. The third kappa shape index (κ3) is 5.44. The fourth-order valence-electron chi connectivity index (χ4n) is 3.21. The number of ether oxygens (including phenoxy) is 2. The molecule has 1 aliphatic rings. The van der Waals surface area contributed by atoms with E-state index in [1.54, 1.807) is 35.5 Å². The molecule has 2 aromatic heterocycles. The molecule has 9 nitrogen and oxygen atoms in total. The van der Waals surface area contributed by atoms with Crippen LogP contribution < -0.4 is 9.64 Å². The van der Waals surface area contributed by atoms with Crippen molar-refractivity contribution in [2.75, 3.05) is 24.7 Å². The summed E-state index contributed by atoms with van der Waals surface area (Å²) in [5.41, 5.74) is 1.62. The number of hydrogen-bond donors (Lipinski definition) is 0. The number of hydrogen-bond acceptors (Lipinski definition) is 8. The maximum Gasteiger partial charge on any atom is 0.344 e. The van der Waals surface area contributed by atoms with Crippen LogP contribution in [0, 0.1) is 0 Å². The molecule has 31 heavy (non-hydrogen) atoms. The highest BCUT2D eigenvalue weighted by molar-refractivity contribution is 5.95. The zero-order valence-electron chi connectivity index (χ0n) is 16.9. The molecule has 4 rings (SSSR count). The second-order valence-electron chi connectivity index (χ2n) is 7.01. The van der Waals surface area contributed by atoms with Crippen molar-refractivity contribution in [2.24, 2.45) is 0 Å². The lowest BCUT2D eigenvalue weighted by Gasteiger charge is -2.16. The van der Waals surface area contributed by atoms with Crippen molar-refractivity contribution in [1.29, 1.82) is 0 Å². The molecule has 9 heteroatoms. The largest absolute Gasteiger partial charge is 0.482 e. The SMILES string of the molecule is O=C(COc1ccc(N2CCCC2=O)cc1)OCCCc1nc(-c2cccnc2)no1. The summed E-state index contributed by atoms with van der Waals surface area (Å²) < 4.78 is 15.8. The van der Waals surface area contributed by atoms with Gasteiger partial charge in [-0.05, 0) is 49.2 Å². The van der Waals surface area contributed by atoms with Crippen LogP contribution in [-0.4, -0.2) is 46.8 Å². The first-order chi connectivity index (χ1) is 15.2. The van der Waals surface area contributed by atoms with Crippen LogP contribution in [0.2, 0.25) is 0 Å². The fraction of sp³-hybridized carbons (Fsp3) is 0.318. The summed E-state index contributed by atoms with van der Waals surface area (Å²) in [5.74, 6) is 1.17. The number of amides is 1. The molecule has 0 unspecified atom stereocenters. The third-order valence-electron chi connectivity index (χ3n) is 4.76. The molecule has 0 aliphatic carbocycles. The van der Waals surface area contributed by atoms with E-state index in [2.05, 4.69) is 15.1 Å². The molecule has 160 valence electrons. The molecular weight excluding hydrogens is 400 g/mol. The van der Waals surface area contributed by atoms with Gasteiger partial charge in [-0.15, -0.1) is 0 Å². The monoisotopic (exact) mass is 422 g/mol. The molecule has 3 heterocycles. The van der Waals surface area contributed by atoms with Crippen molar-refractivity contribution in [3.8, 4) is 17.1 Å². The molecule has 1 aromatic carbocycles. The van der Waals surface area contributed by atoms with E-state index in [-0.39, 0.29) is 19.1 Å². The Labute approximate surface area is 179 Å². The van der Waals surface area contributed by atoms with E-state index in [0.717, 1.165) is 24.2 Å². The molecule has 0 bridgehead atoms. The fourth-order valence-corrected chi connectivity index (χ4v) is 3.21. The molecular formula is C22H22N4O5. The summed E-state index contributed by atoms with van der Waals surface area (Å²) in [4.78, 5) is 33.7. The summed E-state index contributed by atoms with van der Waals surface area (Å²) >= 11 is 0. The van der Waals surface area contributed by atoms with Crippen LogP contribution >= 0.6 is 0 Å². The topological polar surface area (TPSA) is 108 Å². The Morgan fingerprint density at radius 3 is 2.81 bits per heavy atom. The van der Waals surface area contributed by atoms with Gasteiger partial charge in [-0.3, -0.25) is 9.78 Å². The van der Waals surface area contributed by atoms with Gasteiger partial charge < -0.3 is 18.9 Å². The first-order valence-electron chi connectivity index (χ1n) is 10.1. The molecule has 1 aliphatic heterocycles. The Morgan fingerprint density at radius 2 is 2.06 bits per heavy atom. The van der Waals surface area contributed by atoms with E-state index < -0.39 is 5.97 Å². The van der Waals surface area contributed by atoms with Crippen LogP contribution in [0.3, 0.4) is 0 Å². The van der Waals surface area contributed by atoms with Crippen LogP contribution in [0.1, 0.15) is 25.2 Å². The smallest absolute Gasteiger partial charge is 0.344 e. The van der Waals surface area contributed by atoms with Gasteiger partial charge in [-0.2, -0.15) is 4.98 Å². The molecule has 3 aromatic rings. The van der Waals surface area contributed by atoms with E-state index in [1.165, 1.54) is 0 Å². The van der Waals surface area contributed by atoms with E-state index in [9.17, 15) is 9.59 Å². The highest BCUT2D eigenvalue weighted by Gasteiger charge is 2.21. The average Bonchev–Trinajstić information content (AvgIpc) is 3.45. The van der Waals surface area contributed by atoms with Crippen molar-refractivity contribution in [1.82, 2.24) is 15.1 Å². The minimum absolute atomic E-state index is 0.131. The zero-order valence-corrected chi connectivity index (χ0v) is 16.9. The highest BCUT2D eigenvalue weighted by atomic mass is 16.6. The number of carbonyl (C=O) groups is 2. The van der Waals surface area contributed by atoms with Crippen molar-refractivity contribution >= 4 is 17.6 Å². The predicted octanol–water partition coefficient (Wildman–Crippen LogP) is 2.81. The van der Waals surface area contributed by atoms with Gasteiger partial charge in [0.25, 0.3) is 0 Å². The van der Waals surface area contributed by atoms with Gasteiger partial charge in [0.15, 0.2) is 6.61 Å². The molecule has 1 saturated heterocycles. The summed E-state index contributed by atoms with van der Waals surface area (Å²) in [6.07, 6.45) is 5.85. The first-order valence-corrected chi connectivity index (χ1v) is 10.1. The predicted molar refractivity (Wildman–Crippen MR) is 110 cm³/mol. The zero-order chi connectivity index (χ0) is 21.5. The first kappa shape index (κ1) is 20.5. The van der Waals surface area contributed by atoms with Crippen molar-refractivity contribution in [3.05, 3.63) is 54.7 Å². The Bertz CT molecular complexity index is 1020. The standard InChI is InChI=1S/C22H22N4O5/c27-20-6-2-12-26(20)17-7-9-18(10-8-17)30-15-21(28)29-13-3-5-19-24-22(25-31-19)16-4-1-11-23-14-16/h1,4,7-11,14H,2-3,5-6,12-13,15H2. The highest BCUT2D eigenvalue weighted by Crippen LogP contribution is 2.23. The van der Waals surface area contributed by atoms with Crippen molar-refractivity contribution in [2.45, 2.75) is 25.7 Å². The van der Waals surface area contributed by atoms with Crippen LogP contribution in [-0.2, 0) is 20.7 Å². The second-order valence-corrected chi connectivity index (χ2v) is 7.01.